The summed E-state index contributed by atoms with van der Waals surface area (Å²) in [7, 11) is 0. The van der Waals surface area contributed by atoms with E-state index in [1.807, 2.05) is 19.2 Å². The Balaban J connectivity index is 1.81. The van der Waals surface area contributed by atoms with Crippen LogP contribution in [0.4, 0.5) is 4.79 Å². The van der Waals surface area contributed by atoms with Gasteiger partial charge in [-0.05, 0) is 38.5 Å². The van der Waals surface area contributed by atoms with E-state index in [-0.39, 0.29) is 18.2 Å². The van der Waals surface area contributed by atoms with E-state index < -0.39 is 0 Å². The second-order valence-electron chi connectivity index (χ2n) is 5.39. The maximum atomic E-state index is 11.9. The second kappa shape index (κ2) is 7.04. The fourth-order valence-corrected chi connectivity index (χ4v) is 3.01. The van der Waals surface area contributed by atoms with E-state index in [4.69, 9.17) is 0 Å². The maximum Gasteiger partial charge on any atom is 0.315 e. The van der Waals surface area contributed by atoms with Crippen molar-refractivity contribution in [1.29, 1.82) is 0 Å². The van der Waals surface area contributed by atoms with Crippen LogP contribution in [0.3, 0.4) is 0 Å². The number of aliphatic hydroxyl groups is 1. The molecule has 1 aliphatic rings. The number of nitrogens with one attached hydrogen (secondary N) is 2. The summed E-state index contributed by atoms with van der Waals surface area (Å²) in [6.45, 7) is 4.39. The fraction of sp³-hybridized carbons (Fsp3) is 0.714. The van der Waals surface area contributed by atoms with Crippen molar-refractivity contribution in [3.05, 3.63) is 16.1 Å². The van der Waals surface area contributed by atoms with E-state index in [9.17, 15) is 9.90 Å². The van der Waals surface area contributed by atoms with E-state index >= 15 is 0 Å². The Kier molecular flexibility index (Phi) is 5.37. The average Bonchev–Trinajstić information content (AvgIpc) is 3.17. The van der Waals surface area contributed by atoms with Gasteiger partial charge in [0.2, 0.25) is 0 Å². The number of aryl methyl sites for hydroxylation is 1. The third-order valence-electron chi connectivity index (χ3n) is 3.52. The van der Waals surface area contributed by atoms with E-state index in [1.54, 1.807) is 11.3 Å². The summed E-state index contributed by atoms with van der Waals surface area (Å²) in [5.41, 5.74) is 1.00. The van der Waals surface area contributed by atoms with Crippen molar-refractivity contribution < 1.29 is 9.90 Å². The molecule has 3 N–H and O–H groups in total. The van der Waals surface area contributed by atoms with Gasteiger partial charge in [-0.1, -0.05) is 6.92 Å². The van der Waals surface area contributed by atoms with Crippen LogP contribution in [0, 0.1) is 12.8 Å². The highest BCUT2D eigenvalue weighted by Gasteiger charge is 2.35. The summed E-state index contributed by atoms with van der Waals surface area (Å²) in [6, 6.07) is -0.136. The lowest BCUT2D eigenvalue weighted by atomic mass is 10.2. The predicted molar refractivity (Wildman–Crippen MR) is 79.8 cm³/mol. The van der Waals surface area contributed by atoms with E-state index in [1.165, 1.54) is 0 Å². The van der Waals surface area contributed by atoms with Crippen molar-refractivity contribution in [1.82, 2.24) is 15.6 Å². The Morgan fingerprint density at radius 2 is 2.35 bits per heavy atom. The molecule has 1 aromatic rings. The number of amides is 2. The second-order valence-corrected chi connectivity index (χ2v) is 6.28. The molecule has 5 nitrogen and oxygen atoms in total. The van der Waals surface area contributed by atoms with Gasteiger partial charge in [-0.15, -0.1) is 11.3 Å². The van der Waals surface area contributed by atoms with Gasteiger partial charge in [0.15, 0.2) is 0 Å². The number of aliphatic hydroxyl groups excluding tert-OH is 1. The van der Waals surface area contributed by atoms with Crippen LogP contribution in [0.2, 0.25) is 0 Å². The first-order valence-corrected chi connectivity index (χ1v) is 8.12. The summed E-state index contributed by atoms with van der Waals surface area (Å²) >= 11 is 1.61. The van der Waals surface area contributed by atoms with Gasteiger partial charge < -0.3 is 15.7 Å². The number of hydrogen-bond donors (Lipinski definition) is 3. The molecule has 1 aliphatic carbocycles. The van der Waals surface area contributed by atoms with Crippen LogP contribution in [-0.2, 0) is 0 Å². The lowest BCUT2D eigenvalue weighted by Crippen LogP contribution is -2.39. The fourth-order valence-electron chi connectivity index (χ4n) is 2.07. The molecule has 2 amide bonds. The third kappa shape index (κ3) is 4.45. The summed E-state index contributed by atoms with van der Waals surface area (Å²) in [5, 5.41) is 18.3. The number of hydrogen-bond acceptors (Lipinski definition) is 4. The molecule has 112 valence electrons. The minimum absolute atomic E-state index is 0.0322. The molecule has 2 unspecified atom stereocenters. The molecule has 1 aromatic heterocycles. The molecule has 0 spiro atoms. The van der Waals surface area contributed by atoms with Crippen LogP contribution in [0.25, 0.3) is 0 Å². The molecular formula is C14H23N3O2S. The highest BCUT2D eigenvalue weighted by molar-refractivity contribution is 7.09. The molecule has 0 radical (unpaired) electrons. The number of urea groups is 1. The first-order valence-electron chi connectivity index (χ1n) is 7.24. The van der Waals surface area contributed by atoms with E-state index in [2.05, 4.69) is 15.6 Å². The Labute approximate surface area is 123 Å². The minimum atomic E-state index is -0.337. The van der Waals surface area contributed by atoms with Crippen molar-refractivity contribution in [3.8, 4) is 0 Å². The molecule has 1 saturated carbocycles. The first kappa shape index (κ1) is 15.3. The molecule has 6 heteroatoms. The first-order chi connectivity index (χ1) is 9.60. The number of carbonyl (C=O) groups is 1. The monoisotopic (exact) mass is 297 g/mol. The zero-order valence-corrected chi connectivity index (χ0v) is 12.9. The van der Waals surface area contributed by atoms with Gasteiger partial charge in [-0.2, -0.15) is 0 Å². The van der Waals surface area contributed by atoms with Crippen LogP contribution in [0.1, 0.15) is 49.4 Å². The Hall–Kier alpha value is -1.14. The van der Waals surface area contributed by atoms with Gasteiger partial charge in [0.25, 0.3) is 0 Å². The SMILES string of the molecule is CCC(O)CCNC(=O)NC(c1nc(C)cs1)C1CC1. The van der Waals surface area contributed by atoms with Crippen molar-refractivity contribution in [2.45, 2.75) is 51.7 Å². The maximum absolute atomic E-state index is 11.9. The molecule has 1 heterocycles. The van der Waals surface area contributed by atoms with Crippen LogP contribution in [0.15, 0.2) is 5.38 Å². The molecule has 0 saturated heterocycles. The van der Waals surface area contributed by atoms with Crippen LogP contribution in [-0.4, -0.2) is 28.8 Å². The molecule has 2 atom stereocenters. The largest absolute Gasteiger partial charge is 0.393 e. The smallest absolute Gasteiger partial charge is 0.315 e. The van der Waals surface area contributed by atoms with Crippen LogP contribution < -0.4 is 10.6 Å². The average molecular weight is 297 g/mol. The lowest BCUT2D eigenvalue weighted by molar-refractivity contribution is 0.160. The number of nitrogens with zero attached hydrogens (tertiary/aromatic N) is 1. The van der Waals surface area contributed by atoms with Gasteiger partial charge in [0.05, 0.1) is 12.1 Å². The van der Waals surface area contributed by atoms with Gasteiger partial charge in [-0.3, -0.25) is 0 Å². The number of aromatic nitrogens is 1. The quantitative estimate of drug-likeness (QED) is 0.723. The topological polar surface area (TPSA) is 74.2 Å². The Bertz CT molecular complexity index is 445. The van der Waals surface area contributed by atoms with Gasteiger partial charge >= 0.3 is 6.03 Å². The summed E-state index contributed by atoms with van der Waals surface area (Å²) < 4.78 is 0. The van der Waals surface area contributed by atoms with Crippen molar-refractivity contribution >= 4 is 17.4 Å². The molecular weight excluding hydrogens is 274 g/mol. The van der Waals surface area contributed by atoms with Gasteiger partial charge in [0.1, 0.15) is 5.01 Å². The van der Waals surface area contributed by atoms with Crippen LogP contribution >= 0.6 is 11.3 Å². The van der Waals surface area contributed by atoms with E-state index in [0.29, 0.717) is 25.3 Å². The Morgan fingerprint density at radius 3 is 2.90 bits per heavy atom. The Morgan fingerprint density at radius 1 is 1.60 bits per heavy atom. The minimum Gasteiger partial charge on any atom is -0.393 e. The standard InChI is InChI=1S/C14H23N3O2S/c1-3-11(18)6-7-15-14(19)17-12(10-4-5-10)13-16-9(2)8-20-13/h8,10-12,18H,3-7H2,1-2H3,(H2,15,17,19). The lowest BCUT2D eigenvalue weighted by Gasteiger charge is -2.17. The molecule has 0 bridgehead atoms. The molecule has 2 rings (SSSR count). The number of rotatable bonds is 7. The molecule has 0 aliphatic heterocycles. The highest BCUT2D eigenvalue weighted by Crippen LogP contribution is 2.41. The molecule has 20 heavy (non-hydrogen) atoms. The van der Waals surface area contributed by atoms with Gasteiger partial charge in [-0.25, -0.2) is 9.78 Å². The summed E-state index contributed by atoms with van der Waals surface area (Å²) in [5.74, 6) is 0.521. The molecule has 1 fully saturated rings. The highest BCUT2D eigenvalue weighted by atomic mass is 32.1. The summed E-state index contributed by atoms with van der Waals surface area (Å²) in [6.07, 6.45) is 3.27. The number of carbonyl (C=O) groups excluding carboxylic acids is 1. The third-order valence-corrected chi connectivity index (χ3v) is 4.56. The zero-order valence-electron chi connectivity index (χ0n) is 12.1. The predicted octanol–water partition coefficient (Wildman–Crippen LogP) is 2.36. The van der Waals surface area contributed by atoms with Gasteiger partial charge in [0, 0.05) is 17.6 Å². The normalized spacial score (nSPS) is 17.6. The zero-order chi connectivity index (χ0) is 14.5. The number of thiazole rings is 1. The van der Waals surface area contributed by atoms with Crippen molar-refractivity contribution in [2.75, 3.05) is 6.54 Å². The van der Waals surface area contributed by atoms with E-state index in [0.717, 1.165) is 23.5 Å². The molecule has 0 aromatic carbocycles. The van der Waals surface area contributed by atoms with Crippen molar-refractivity contribution in [2.24, 2.45) is 5.92 Å². The summed E-state index contributed by atoms with van der Waals surface area (Å²) in [4.78, 5) is 16.4. The van der Waals surface area contributed by atoms with Crippen molar-refractivity contribution in [3.63, 3.8) is 0 Å². The van der Waals surface area contributed by atoms with Crippen LogP contribution in [0.5, 0.6) is 0 Å².